The number of hydrogen-bond donors (Lipinski definition) is 2. The van der Waals surface area contributed by atoms with Crippen LogP contribution in [0.1, 0.15) is 40.2 Å². The maximum atomic E-state index is 12.6. The van der Waals surface area contributed by atoms with Gasteiger partial charge in [-0.2, -0.15) is 0 Å². The van der Waals surface area contributed by atoms with Crippen molar-refractivity contribution in [3.63, 3.8) is 0 Å². The van der Waals surface area contributed by atoms with Crippen LogP contribution in [0.3, 0.4) is 0 Å². The van der Waals surface area contributed by atoms with Gasteiger partial charge in [0.2, 0.25) is 5.91 Å². The molecule has 0 bridgehead atoms. The van der Waals surface area contributed by atoms with Crippen LogP contribution in [0.15, 0.2) is 36.4 Å². The number of carbonyl (C=O) groups excluding carboxylic acids is 2. The van der Waals surface area contributed by atoms with Gasteiger partial charge >= 0.3 is 0 Å². The molecule has 4 rings (SSSR count). The highest BCUT2D eigenvalue weighted by atomic mass is 16.2. The van der Waals surface area contributed by atoms with Gasteiger partial charge in [0.1, 0.15) is 0 Å². The number of benzene rings is 2. The van der Waals surface area contributed by atoms with Crippen LogP contribution in [0.25, 0.3) is 11.0 Å². The van der Waals surface area contributed by atoms with E-state index in [9.17, 15) is 9.59 Å². The molecular weight excluding hydrogens is 328 g/mol. The van der Waals surface area contributed by atoms with E-state index in [4.69, 9.17) is 0 Å². The van der Waals surface area contributed by atoms with Gasteiger partial charge in [-0.25, -0.2) is 9.97 Å². The summed E-state index contributed by atoms with van der Waals surface area (Å²) in [6.45, 7) is 5.66. The normalized spacial score (nSPS) is 15.7. The number of aryl methyl sites for hydroxylation is 2. The summed E-state index contributed by atoms with van der Waals surface area (Å²) in [5, 5.41) is 5.71. The number of aromatic nitrogens is 2. The van der Waals surface area contributed by atoms with Gasteiger partial charge in [0, 0.05) is 16.9 Å². The van der Waals surface area contributed by atoms with Crippen LogP contribution < -0.4 is 10.6 Å². The largest absolute Gasteiger partial charge is 0.325 e. The van der Waals surface area contributed by atoms with Gasteiger partial charge in [0.05, 0.1) is 28.3 Å². The minimum Gasteiger partial charge on any atom is -0.325 e. The van der Waals surface area contributed by atoms with Crippen molar-refractivity contribution < 1.29 is 9.59 Å². The number of amides is 2. The third kappa shape index (κ3) is 2.69. The van der Waals surface area contributed by atoms with Crippen LogP contribution >= 0.6 is 0 Å². The van der Waals surface area contributed by atoms with Gasteiger partial charge in [0.25, 0.3) is 5.91 Å². The Morgan fingerprint density at radius 2 is 1.77 bits per heavy atom. The van der Waals surface area contributed by atoms with Crippen molar-refractivity contribution in [1.82, 2.24) is 9.97 Å². The molecule has 130 valence electrons. The van der Waals surface area contributed by atoms with E-state index < -0.39 is 0 Å². The molecule has 2 aromatic carbocycles. The average molecular weight is 346 g/mol. The molecule has 0 spiro atoms. The first kappa shape index (κ1) is 16.2. The number of anilines is 2. The molecule has 0 saturated heterocycles. The molecule has 3 aromatic rings. The quantitative estimate of drug-likeness (QED) is 0.743. The number of fused-ring (bicyclic) bond motifs is 2. The lowest BCUT2D eigenvalue weighted by Crippen LogP contribution is -2.12. The second-order valence-corrected chi connectivity index (χ2v) is 6.57. The maximum absolute atomic E-state index is 12.6. The lowest BCUT2D eigenvalue weighted by atomic mass is 10.0. The van der Waals surface area contributed by atoms with Gasteiger partial charge in [-0.05, 0) is 62.7 Å². The summed E-state index contributed by atoms with van der Waals surface area (Å²) in [7, 11) is 0. The average Bonchev–Trinajstić information content (AvgIpc) is 2.90. The van der Waals surface area contributed by atoms with E-state index in [1.54, 1.807) is 24.3 Å². The Kier molecular flexibility index (Phi) is 3.68. The molecule has 2 N–H and O–H groups in total. The van der Waals surface area contributed by atoms with Crippen LogP contribution in [0.2, 0.25) is 0 Å². The third-order valence-electron chi connectivity index (χ3n) is 4.76. The Bertz CT molecular complexity index is 1070. The molecule has 2 amide bonds. The molecule has 0 aliphatic carbocycles. The predicted octanol–water partition coefficient (Wildman–Crippen LogP) is 3.55. The molecule has 6 heteroatoms. The summed E-state index contributed by atoms with van der Waals surface area (Å²) < 4.78 is 0. The highest BCUT2D eigenvalue weighted by Crippen LogP contribution is 2.34. The van der Waals surface area contributed by atoms with E-state index in [1.165, 1.54) is 0 Å². The smallest absolute Gasteiger partial charge is 0.255 e. The van der Waals surface area contributed by atoms with E-state index in [2.05, 4.69) is 20.6 Å². The van der Waals surface area contributed by atoms with Gasteiger partial charge in [-0.3, -0.25) is 9.59 Å². The fourth-order valence-electron chi connectivity index (χ4n) is 3.07. The van der Waals surface area contributed by atoms with Crippen molar-refractivity contribution in [3.8, 4) is 0 Å². The SMILES string of the molecule is Cc1nc2ccc(C(=O)Nc3ccc4c(c3)C(C)C(=O)N4)cc2nc1C. The van der Waals surface area contributed by atoms with E-state index >= 15 is 0 Å². The van der Waals surface area contributed by atoms with Crippen molar-refractivity contribution in [1.29, 1.82) is 0 Å². The predicted molar refractivity (Wildman–Crippen MR) is 100 cm³/mol. The third-order valence-corrected chi connectivity index (χ3v) is 4.76. The zero-order valence-corrected chi connectivity index (χ0v) is 14.8. The summed E-state index contributed by atoms with van der Waals surface area (Å²) in [4.78, 5) is 33.3. The summed E-state index contributed by atoms with van der Waals surface area (Å²) in [5.41, 5.74) is 6.04. The Balaban J connectivity index is 1.62. The number of nitrogens with zero attached hydrogens (tertiary/aromatic N) is 2. The highest BCUT2D eigenvalue weighted by molar-refractivity contribution is 6.07. The fraction of sp³-hybridized carbons (Fsp3) is 0.200. The van der Waals surface area contributed by atoms with Gasteiger partial charge in [-0.15, -0.1) is 0 Å². The zero-order chi connectivity index (χ0) is 18.4. The molecule has 2 heterocycles. The molecule has 0 radical (unpaired) electrons. The molecule has 1 atom stereocenters. The Morgan fingerprint density at radius 1 is 1.04 bits per heavy atom. The van der Waals surface area contributed by atoms with Crippen LogP contribution in [0, 0.1) is 13.8 Å². The topological polar surface area (TPSA) is 84.0 Å². The number of hydrogen-bond acceptors (Lipinski definition) is 4. The summed E-state index contributed by atoms with van der Waals surface area (Å²) in [6, 6.07) is 10.7. The molecule has 1 aromatic heterocycles. The second-order valence-electron chi connectivity index (χ2n) is 6.57. The molecule has 6 nitrogen and oxygen atoms in total. The number of nitrogens with one attached hydrogen (secondary N) is 2. The van der Waals surface area contributed by atoms with Crippen molar-refractivity contribution in [2.24, 2.45) is 0 Å². The van der Waals surface area contributed by atoms with Crippen molar-refractivity contribution in [3.05, 3.63) is 58.9 Å². The monoisotopic (exact) mass is 346 g/mol. The van der Waals surface area contributed by atoms with E-state index in [0.717, 1.165) is 28.2 Å². The van der Waals surface area contributed by atoms with Crippen molar-refractivity contribution in [2.75, 3.05) is 10.6 Å². The molecule has 1 aliphatic heterocycles. The summed E-state index contributed by atoms with van der Waals surface area (Å²) in [6.07, 6.45) is 0. The van der Waals surface area contributed by atoms with Crippen LogP contribution in [0.5, 0.6) is 0 Å². The molecule has 0 fully saturated rings. The molecule has 0 saturated carbocycles. The number of rotatable bonds is 2. The standard InChI is InChI=1S/C20H18N4O2/c1-10-15-9-14(5-7-16(15)24-19(10)25)23-20(26)13-4-6-17-18(8-13)22-12(3)11(2)21-17/h4-10H,1-3H3,(H,23,26)(H,24,25). The van der Waals surface area contributed by atoms with Crippen LogP contribution in [0.4, 0.5) is 11.4 Å². The van der Waals surface area contributed by atoms with Gasteiger partial charge in [0.15, 0.2) is 0 Å². The Morgan fingerprint density at radius 3 is 2.54 bits per heavy atom. The number of carbonyl (C=O) groups is 2. The Labute approximate surface area is 150 Å². The lowest BCUT2D eigenvalue weighted by molar-refractivity contribution is -0.116. The summed E-state index contributed by atoms with van der Waals surface area (Å²) in [5.74, 6) is -0.469. The minimum absolute atomic E-state index is 0.0257. The maximum Gasteiger partial charge on any atom is 0.255 e. The van der Waals surface area contributed by atoms with E-state index in [0.29, 0.717) is 16.8 Å². The lowest BCUT2D eigenvalue weighted by Gasteiger charge is -2.09. The fourth-order valence-corrected chi connectivity index (χ4v) is 3.07. The van der Waals surface area contributed by atoms with Crippen LogP contribution in [-0.4, -0.2) is 21.8 Å². The highest BCUT2D eigenvalue weighted by Gasteiger charge is 2.26. The minimum atomic E-state index is -0.225. The van der Waals surface area contributed by atoms with Crippen molar-refractivity contribution in [2.45, 2.75) is 26.7 Å². The zero-order valence-electron chi connectivity index (χ0n) is 14.8. The first-order valence-corrected chi connectivity index (χ1v) is 8.43. The van der Waals surface area contributed by atoms with Crippen molar-refractivity contribution >= 4 is 34.2 Å². The molecule has 26 heavy (non-hydrogen) atoms. The summed E-state index contributed by atoms with van der Waals surface area (Å²) >= 11 is 0. The molecule has 1 unspecified atom stereocenters. The first-order valence-electron chi connectivity index (χ1n) is 8.43. The van der Waals surface area contributed by atoms with Crippen LogP contribution in [-0.2, 0) is 4.79 Å². The van der Waals surface area contributed by atoms with E-state index in [1.807, 2.05) is 32.9 Å². The van der Waals surface area contributed by atoms with Gasteiger partial charge in [-0.1, -0.05) is 0 Å². The first-order chi connectivity index (χ1) is 12.4. The molecular formula is C20H18N4O2. The molecule has 1 aliphatic rings. The van der Waals surface area contributed by atoms with Gasteiger partial charge < -0.3 is 10.6 Å². The van der Waals surface area contributed by atoms with E-state index in [-0.39, 0.29) is 17.7 Å². The second kappa shape index (κ2) is 5.91. The Hall–Kier alpha value is -3.28.